The number of nitrogens with two attached hydrogens (primary N) is 1. The number of hydrogen-bond donors (Lipinski definition) is 2. The van der Waals surface area contributed by atoms with Crippen LogP contribution < -0.4 is 5.73 Å². The number of nitrogens with zero attached hydrogens (tertiary/aromatic N) is 1. The highest BCUT2D eigenvalue weighted by Crippen LogP contribution is 2.24. The highest BCUT2D eigenvalue weighted by Gasteiger charge is 2.30. The van der Waals surface area contributed by atoms with Crippen LogP contribution in [0.25, 0.3) is 0 Å². The molecule has 1 saturated carbocycles. The van der Waals surface area contributed by atoms with Gasteiger partial charge in [-0.05, 0) is 33.2 Å². The van der Waals surface area contributed by atoms with Gasteiger partial charge in [0.1, 0.15) is 0 Å². The largest absolute Gasteiger partial charge is 0.391 e. The summed E-state index contributed by atoms with van der Waals surface area (Å²) in [6, 6.07) is 0.714. The van der Waals surface area contributed by atoms with Crippen molar-refractivity contribution in [3.05, 3.63) is 0 Å². The molecule has 3 unspecified atom stereocenters. The van der Waals surface area contributed by atoms with E-state index < -0.39 is 0 Å². The monoisotopic (exact) mass is 172 g/mol. The summed E-state index contributed by atoms with van der Waals surface area (Å²) in [6.07, 6.45) is 3.07. The van der Waals surface area contributed by atoms with Crippen molar-refractivity contribution in [3.8, 4) is 0 Å². The first-order valence-corrected chi connectivity index (χ1v) is 4.77. The van der Waals surface area contributed by atoms with Crippen LogP contribution in [0.3, 0.4) is 0 Å². The second-order valence-electron chi connectivity index (χ2n) is 3.82. The standard InChI is InChI=1S/C9H20N2O/c1-7(6-10)11(2)8-4-3-5-9(8)12/h7-9,12H,3-6,10H2,1-2H3. The average Bonchev–Trinajstić information content (AvgIpc) is 2.48. The minimum absolute atomic E-state index is 0.135. The van der Waals surface area contributed by atoms with Gasteiger partial charge in [-0.1, -0.05) is 0 Å². The van der Waals surface area contributed by atoms with Crippen molar-refractivity contribution in [2.45, 2.75) is 44.4 Å². The summed E-state index contributed by atoms with van der Waals surface area (Å²) in [5, 5.41) is 9.62. The van der Waals surface area contributed by atoms with Crippen molar-refractivity contribution >= 4 is 0 Å². The smallest absolute Gasteiger partial charge is 0.0695 e. The first-order chi connectivity index (χ1) is 5.66. The molecule has 0 saturated heterocycles. The fraction of sp³-hybridized carbons (Fsp3) is 1.00. The Labute approximate surface area is 74.5 Å². The Bertz CT molecular complexity index is 140. The Morgan fingerprint density at radius 3 is 2.67 bits per heavy atom. The van der Waals surface area contributed by atoms with E-state index in [0.717, 1.165) is 19.3 Å². The lowest BCUT2D eigenvalue weighted by Crippen LogP contribution is -2.45. The molecule has 3 heteroatoms. The molecule has 3 nitrogen and oxygen atoms in total. The van der Waals surface area contributed by atoms with Gasteiger partial charge in [0.15, 0.2) is 0 Å². The molecule has 0 heterocycles. The van der Waals surface area contributed by atoms with Crippen molar-refractivity contribution < 1.29 is 5.11 Å². The van der Waals surface area contributed by atoms with Crippen molar-refractivity contribution in [1.29, 1.82) is 0 Å². The minimum Gasteiger partial charge on any atom is -0.391 e. The molecule has 0 aromatic rings. The molecule has 1 aliphatic carbocycles. The van der Waals surface area contributed by atoms with Crippen molar-refractivity contribution in [3.63, 3.8) is 0 Å². The summed E-state index contributed by atoms with van der Waals surface area (Å²) in [5.74, 6) is 0. The summed E-state index contributed by atoms with van der Waals surface area (Å²) in [6.45, 7) is 2.77. The lowest BCUT2D eigenvalue weighted by molar-refractivity contribution is 0.0677. The van der Waals surface area contributed by atoms with E-state index in [9.17, 15) is 5.11 Å². The van der Waals surface area contributed by atoms with Crippen LogP contribution >= 0.6 is 0 Å². The summed E-state index contributed by atoms with van der Waals surface area (Å²) >= 11 is 0. The van der Waals surface area contributed by atoms with E-state index in [2.05, 4.69) is 18.9 Å². The molecule has 0 aliphatic heterocycles. The number of rotatable bonds is 3. The van der Waals surface area contributed by atoms with Crippen LogP contribution in [0, 0.1) is 0 Å². The molecule has 1 aliphatic rings. The third-order valence-corrected chi connectivity index (χ3v) is 3.00. The maximum atomic E-state index is 9.62. The Hall–Kier alpha value is -0.120. The summed E-state index contributed by atoms with van der Waals surface area (Å²) in [4.78, 5) is 2.21. The molecule has 0 aromatic carbocycles. The van der Waals surface area contributed by atoms with E-state index in [-0.39, 0.29) is 6.10 Å². The predicted octanol–water partition coefficient (Wildman–Crippen LogP) is 0.179. The number of hydrogen-bond acceptors (Lipinski definition) is 3. The van der Waals surface area contributed by atoms with Crippen molar-refractivity contribution in [2.75, 3.05) is 13.6 Å². The fourth-order valence-corrected chi connectivity index (χ4v) is 1.89. The average molecular weight is 172 g/mol. The van der Waals surface area contributed by atoms with E-state index in [1.54, 1.807) is 0 Å². The Morgan fingerprint density at radius 1 is 1.58 bits per heavy atom. The lowest BCUT2D eigenvalue weighted by atomic mass is 10.1. The fourth-order valence-electron chi connectivity index (χ4n) is 1.89. The molecule has 0 spiro atoms. The molecule has 0 amide bonds. The van der Waals surface area contributed by atoms with Gasteiger partial charge in [0.05, 0.1) is 6.10 Å². The summed E-state index contributed by atoms with van der Waals surface area (Å²) in [7, 11) is 2.05. The predicted molar refractivity (Wildman–Crippen MR) is 49.9 cm³/mol. The molecule has 0 aromatic heterocycles. The Balaban J connectivity index is 2.45. The van der Waals surface area contributed by atoms with Crippen molar-refractivity contribution in [2.24, 2.45) is 5.73 Å². The van der Waals surface area contributed by atoms with Crippen LogP contribution in [0.1, 0.15) is 26.2 Å². The molecular weight excluding hydrogens is 152 g/mol. The number of aliphatic hydroxyl groups is 1. The quantitative estimate of drug-likeness (QED) is 0.638. The van der Waals surface area contributed by atoms with E-state index in [1.165, 1.54) is 0 Å². The molecule has 12 heavy (non-hydrogen) atoms. The van der Waals surface area contributed by atoms with Crippen LogP contribution in [0.2, 0.25) is 0 Å². The normalized spacial score (nSPS) is 32.8. The first kappa shape index (κ1) is 9.96. The van der Waals surface area contributed by atoms with Gasteiger partial charge in [-0.2, -0.15) is 0 Å². The van der Waals surface area contributed by atoms with Crippen LogP contribution in [0.15, 0.2) is 0 Å². The zero-order valence-electron chi connectivity index (χ0n) is 8.03. The SMILES string of the molecule is CC(CN)N(C)C1CCCC1O. The molecule has 0 bridgehead atoms. The third kappa shape index (κ3) is 1.97. The van der Waals surface area contributed by atoms with E-state index in [0.29, 0.717) is 18.6 Å². The molecule has 0 radical (unpaired) electrons. The van der Waals surface area contributed by atoms with Gasteiger partial charge in [-0.3, -0.25) is 4.90 Å². The van der Waals surface area contributed by atoms with Crippen LogP contribution in [0.5, 0.6) is 0 Å². The number of likely N-dealkylation sites (N-methyl/N-ethyl adjacent to an activating group) is 1. The maximum absolute atomic E-state index is 9.62. The van der Waals surface area contributed by atoms with Gasteiger partial charge in [0.2, 0.25) is 0 Å². The van der Waals surface area contributed by atoms with Crippen molar-refractivity contribution in [1.82, 2.24) is 4.90 Å². The minimum atomic E-state index is -0.135. The first-order valence-electron chi connectivity index (χ1n) is 4.77. The molecular formula is C9H20N2O. The maximum Gasteiger partial charge on any atom is 0.0695 e. The third-order valence-electron chi connectivity index (χ3n) is 3.00. The molecule has 3 atom stereocenters. The van der Waals surface area contributed by atoms with Gasteiger partial charge in [0, 0.05) is 18.6 Å². The Kier molecular flexibility index (Phi) is 3.50. The van der Waals surface area contributed by atoms with Gasteiger partial charge >= 0.3 is 0 Å². The van der Waals surface area contributed by atoms with Gasteiger partial charge < -0.3 is 10.8 Å². The highest BCUT2D eigenvalue weighted by atomic mass is 16.3. The Morgan fingerprint density at radius 2 is 2.25 bits per heavy atom. The zero-order chi connectivity index (χ0) is 9.14. The second-order valence-corrected chi connectivity index (χ2v) is 3.82. The summed E-state index contributed by atoms with van der Waals surface area (Å²) in [5.41, 5.74) is 5.56. The van der Waals surface area contributed by atoms with Crippen LogP contribution in [0.4, 0.5) is 0 Å². The van der Waals surface area contributed by atoms with Gasteiger partial charge in [-0.15, -0.1) is 0 Å². The highest BCUT2D eigenvalue weighted by molar-refractivity contribution is 4.85. The van der Waals surface area contributed by atoms with Crippen LogP contribution in [-0.2, 0) is 0 Å². The summed E-state index contributed by atoms with van der Waals surface area (Å²) < 4.78 is 0. The molecule has 3 N–H and O–H groups in total. The molecule has 1 rings (SSSR count). The molecule has 72 valence electrons. The number of aliphatic hydroxyl groups excluding tert-OH is 1. The molecule has 1 fully saturated rings. The topological polar surface area (TPSA) is 49.5 Å². The van der Waals surface area contributed by atoms with Gasteiger partial charge in [-0.25, -0.2) is 0 Å². The van der Waals surface area contributed by atoms with E-state index in [1.807, 2.05) is 0 Å². The zero-order valence-corrected chi connectivity index (χ0v) is 8.03. The van der Waals surface area contributed by atoms with E-state index in [4.69, 9.17) is 5.73 Å². The second kappa shape index (κ2) is 4.21. The van der Waals surface area contributed by atoms with Gasteiger partial charge in [0.25, 0.3) is 0 Å². The van der Waals surface area contributed by atoms with E-state index >= 15 is 0 Å². The van der Waals surface area contributed by atoms with Crippen LogP contribution in [-0.4, -0.2) is 41.8 Å². The lowest BCUT2D eigenvalue weighted by Gasteiger charge is -2.31.